The van der Waals surface area contributed by atoms with E-state index in [4.69, 9.17) is 5.10 Å². The van der Waals surface area contributed by atoms with E-state index < -0.39 is 0 Å². The number of aromatic nitrogens is 2. The lowest BCUT2D eigenvalue weighted by Gasteiger charge is -2.19. The van der Waals surface area contributed by atoms with E-state index in [1.807, 2.05) is 22.9 Å². The van der Waals surface area contributed by atoms with Crippen molar-refractivity contribution in [3.8, 4) is 5.69 Å². The summed E-state index contributed by atoms with van der Waals surface area (Å²) in [4.78, 5) is 0. The average molecular weight is 301 g/mol. The summed E-state index contributed by atoms with van der Waals surface area (Å²) in [6, 6.07) is 10.4. The minimum absolute atomic E-state index is 0.203. The molecule has 1 aromatic heterocycles. The van der Waals surface area contributed by atoms with Gasteiger partial charge in [0.25, 0.3) is 0 Å². The predicted molar refractivity (Wildman–Crippen MR) is 90.2 cm³/mol. The Morgan fingerprint density at radius 2 is 1.82 bits per heavy atom. The molecular formula is C18H27N3O. The van der Waals surface area contributed by atoms with E-state index in [0.717, 1.165) is 17.9 Å². The first-order valence-electron chi connectivity index (χ1n) is 8.01. The smallest absolute Gasteiger partial charge is 0.0699 e. The molecule has 0 aliphatic heterocycles. The molecule has 1 heterocycles. The average Bonchev–Trinajstić information content (AvgIpc) is 2.97. The molecular weight excluding hydrogens is 274 g/mol. The van der Waals surface area contributed by atoms with Crippen LogP contribution in [0.5, 0.6) is 0 Å². The molecule has 0 aliphatic carbocycles. The third-order valence-electron chi connectivity index (χ3n) is 4.15. The predicted octanol–water partition coefficient (Wildman–Crippen LogP) is 3.10. The van der Waals surface area contributed by atoms with Crippen molar-refractivity contribution in [3.05, 3.63) is 47.8 Å². The molecule has 0 bridgehead atoms. The molecule has 4 nitrogen and oxygen atoms in total. The molecule has 0 fully saturated rings. The van der Waals surface area contributed by atoms with Crippen molar-refractivity contribution >= 4 is 0 Å². The maximum Gasteiger partial charge on any atom is 0.0699 e. The number of aliphatic hydroxyl groups is 1. The molecule has 1 aromatic carbocycles. The van der Waals surface area contributed by atoms with Gasteiger partial charge in [-0.1, -0.05) is 39.0 Å². The second-order valence-electron chi connectivity index (χ2n) is 6.30. The molecule has 2 aromatic rings. The fourth-order valence-electron chi connectivity index (χ4n) is 2.39. The van der Waals surface area contributed by atoms with Gasteiger partial charge in [-0.05, 0) is 30.9 Å². The van der Waals surface area contributed by atoms with E-state index in [0.29, 0.717) is 5.92 Å². The van der Waals surface area contributed by atoms with Crippen LogP contribution in [-0.4, -0.2) is 27.5 Å². The molecule has 0 saturated heterocycles. The number of para-hydroxylation sites is 1. The molecule has 0 saturated carbocycles. The van der Waals surface area contributed by atoms with Crippen LogP contribution in [-0.2, 0) is 6.54 Å². The molecule has 0 amide bonds. The van der Waals surface area contributed by atoms with Crippen LogP contribution in [0.1, 0.15) is 44.9 Å². The van der Waals surface area contributed by atoms with Crippen LogP contribution in [0.4, 0.5) is 0 Å². The number of benzene rings is 1. The lowest BCUT2D eigenvalue weighted by atomic mass is 10.0. The van der Waals surface area contributed by atoms with Crippen LogP contribution in [0.3, 0.4) is 0 Å². The molecule has 2 atom stereocenters. The molecule has 4 heteroatoms. The van der Waals surface area contributed by atoms with E-state index in [-0.39, 0.29) is 18.6 Å². The molecule has 0 radical (unpaired) electrons. The summed E-state index contributed by atoms with van der Waals surface area (Å²) in [5, 5.41) is 17.5. The highest BCUT2D eigenvalue weighted by Crippen LogP contribution is 2.20. The minimum atomic E-state index is 0.203. The summed E-state index contributed by atoms with van der Waals surface area (Å²) in [7, 11) is 0. The first-order chi connectivity index (χ1) is 10.5. The highest BCUT2D eigenvalue weighted by atomic mass is 16.3. The normalized spacial score (nSPS) is 14.3. The summed E-state index contributed by atoms with van der Waals surface area (Å²) in [5.41, 5.74) is 3.42. The first kappa shape index (κ1) is 16.7. The fourth-order valence-corrected chi connectivity index (χ4v) is 2.39. The quantitative estimate of drug-likeness (QED) is 0.826. The van der Waals surface area contributed by atoms with E-state index in [2.05, 4.69) is 51.3 Å². The molecule has 0 spiro atoms. The van der Waals surface area contributed by atoms with Gasteiger partial charge in [-0.2, -0.15) is 5.10 Å². The van der Waals surface area contributed by atoms with Crippen molar-refractivity contribution in [2.24, 2.45) is 5.92 Å². The summed E-state index contributed by atoms with van der Waals surface area (Å²) in [6.45, 7) is 9.47. The van der Waals surface area contributed by atoms with Crippen LogP contribution < -0.4 is 5.32 Å². The zero-order valence-electron chi connectivity index (χ0n) is 14.0. The lowest BCUT2D eigenvalue weighted by Crippen LogP contribution is -2.33. The van der Waals surface area contributed by atoms with Crippen molar-refractivity contribution in [2.75, 3.05) is 6.61 Å². The van der Waals surface area contributed by atoms with Gasteiger partial charge >= 0.3 is 0 Å². The SMILES string of the molecule is CC(C)c1nn(-c2ccccc2)cc1CNC(C)C(C)CO. The molecule has 2 unspecified atom stereocenters. The number of rotatable bonds is 7. The van der Waals surface area contributed by atoms with Gasteiger partial charge in [-0.3, -0.25) is 0 Å². The highest BCUT2D eigenvalue weighted by Gasteiger charge is 2.16. The second kappa shape index (κ2) is 7.56. The largest absolute Gasteiger partial charge is 0.396 e. The van der Waals surface area contributed by atoms with Gasteiger partial charge in [0.1, 0.15) is 0 Å². The van der Waals surface area contributed by atoms with Gasteiger partial charge in [0.2, 0.25) is 0 Å². The van der Waals surface area contributed by atoms with Crippen LogP contribution in [0, 0.1) is 5.92 Å². The third-order valence-corrected chi connectivity index (χ3v) is 4.15. The van der Waals surface area contributed by atoms with Crippen molar-refractivity contribution in [2.45, 2.75) is 46.2 Å². The van der Waals surface area contributed by atoms with Gasteiger partial charge in [0, 0.05) is 31.0 Å². The highest BCUT2D eigenvalue weighted by molar-refractivity contribution is 5.33. The van der Waals surface area contributed by atoms with Crippen LogP contribution in [0.2, 0.25) is 0 Å². The molecule has 22 heavy (non-hydrogen) atoms. The van der Waals surface area contributed by atoms with E-state index in [1.54, 1.807) is 0 Å². The summed E-state index contributed by atoms with van der Waals surface area (Å²) in [5.74, 6) is 0.624. The van der Waals surface area contributed by atoms with Crippen molar-refractivity contribution in [1.29, 1.82) is 0 Å². The van der Waals surface area contributed by atoms with Crippen LogP contribution in [0.15, 0.2) is 36.5 Å². The fraction of sp³-hybridized carbons (Fsp3) is 0.500. The van der Waals surface area contributed by atoms with Gasteiger partial charge in [0.05, 0.1) is 11.4 Å². The topological polar surface area (TPSA) is 50.1 Å². The maximum absolute atomic E-state index is 9.24. The zero-order chi connectivity index (χ0) is 16.1. The van der Waals surface area contributed by atoms with E-state index in [9.17, 15) is 5.11 Å². The van der Waals surface area contributed by atoms with Crippen molar-refractivity contribution in [1.82, 2.24) is 15.1 Å². The minimum Gasteiger partial charge on any atom is -0.396 e. The van der Waals surface area contributed by atoms with Crippen LogP contribution in [0.25, 0.3) is 5.69 Å². The van der Waals surface area contributed by atoms with Crippen molar-refractivity contribution in [3.63, 3.8) is 0 Å². The Bertz CT molecular complexity index is 577. The molecule has 2 rings (SSSR count). The number of hydrogen-bond donors (Lipinski definition) is 2. The number of nitrogens with zero attached hydrogens (tertiary/aromatic N) is 2. The van der Waals surface area contributed by atoms with Gasteiger partial charge in [-0.25, -0.2) is 4.68 Å². The Balaban J connectivity index is 2.18. The first-order valence-corrected chi connectivity index (χ1v) is 8.01. The summed E-state index contributed by atoms with van der Waals surface area (Å²) >= 11 is 0. The Morgan fingerprint density at radius 1 is 1.14 bits per heavy atom. The van der Waals surface area contributed by atoms with Crippen LogP contribution >= 0.6 is 0 Å². The molecule has 120 valence electrons. The van der Waals surface area contributed by atoms with Gasteiger partial charge in [-0.15, -0.1) is 0 Å². The lowest BCUT2D eigenvalue weighted by molar-refractivity contribution is 0.207. The Morgan fingerprint density at radius 3 is 2.41 bits per heavy atom. The van der Waals surface area contributed by atoms with E-state index in [1.165, 1.54) is 5.56 Å². The van der Waals surface area contributed by atoms with E-state index >= 15 is 0 Å². The standard InChI is InChI=1S/C18H27N3O/c1-13(2)18-16(10-19-15(4)14(3)12-22)11-21(20-18)17-8-6-5-7-9-17/h5-9,11,13-15,19,22H,10,12H2,1-4H3. The Kier molecular flexibility index (Phi) is 5.75. The monoisotopic (exact) mass is 301 g/mol. The number of hydrogen-bond acceptors (Lipinski definition) is 3. The van der Waals surface area contributed by atoms with Gasteiger partial charge < -0.3 is 10.4 Å². The van der Waals surface area contributed by atoms with Crippen molar-refractivity contribution < 1.29 is 5.11 Å². The van der Waals surface area contributed by atoms with Gasteiger partial charge in [0.15, 0.2) is 0 Å². The third kappa shape index (κ3) is 3.96. The zero-order valence-corrected chi connectivity index (χ0v) is 14.0. The number of nitrogens with one attached hydrogen (secondary N) is 1. The molecule has 0 aliphatic rings. The Labute approximate surface area is 133 Å². The molecule has 2 N–H and O–H groups in total. The second-order valence-corrected chi connectivity index (χ2v) is 6.30. The summed E-state index contributed by atoms with van der Waals surface area (Å²) < 4.78 is 1.95. The summed E-state index contributed by atoms with van der Waals surface area (Å²) in [6.07, 6.45) is 2.11. The Hall–Kier alpha value is -1.65. The number of aliphatic hydroxyl groups excluding tert-OH is 1. The maximum atomic E-state index is 9.24.